The number of nitrogens with one attached hydrogen (secondary N) is 1. The fourth-order valence-electron chi connectivity index (χ4n) is 1.98. The molecule has 0 radical (unpaired) electrons. The second-order valence-electron chi connectivity index (χ2n) is 4.19. The first-order chi connectivity index (χ1) is 7.41. The smallest absolute Gasteiger partial charge is 0.353 e. The third-order valence-corrected chi connectivity index (χ3v) is 3.86. The van der Waals surface area contributed by atoms with Crippen LogP contribution in [0.25, 0.3) is 0 Å². The molecule has 0 saturated heterocycles. The molecule has 0 aromatic heterocycles. The molecule has 1 aliphatic carbocycles. The Labute approximate surface area is 94.2 Å². The van der Waals surface area contributed by atoms with Gasteiger partial charge in [0.05, 0.1) is 0 Å². The highest BCUT2D eigenvalue weighted by Crippen LogP contribution is 2.40. The van der Waals surface area contributed by atoms with Crippen LogP contribution < -0.4 is 5.32 Å². The van der Waals surface area contributed by atoms with Crippen LogP contribution in [0, 0.1) is 0 Å². The number of rotatable bonds is 4. The minimum absolute atomic E-state index is 0.101. The number of aliphatic carboxylic acids is 1. The molecule has 0 heterocycles. The number of carboxylic acids is 1. The summed E-state index contributed by atoms with van der Waals surface area (Å²) in [4.78, 5) is 28.6. The third kappa shape index (κ3) is 4.22. The zero-order valence-corrected chi connectivity index (χ0v) is 9.90. The lowest BCUT2D eigenvalue weighted by Crippen LogP contribution is -2.42. The monoisotopic (exact) mass is 251 g/mol. The molecule has 6 nitrogen and oxygen atoms in total. The minimum atomic E-state index is -4.62. The SMILES string of the molecule is O=C(O)C(NC1CCCCCC1)P(=O)(O)O. The van der Waals surface area contributed by atoms with Crippen molar-refractivity contribution in [3.63, 3.8) is 0 Å². The molecular formula is C9H18NO5P. The molecule has 7 heteroatoms. The summed E-state index contributed by atoms with van der Waals surface area (Å²) in [5, 5.41) is 11.3. The summed E-state index contributed by atoms with van der Waals surface area (Å²) in [6.45, 7) is 0. The maximum absolute atomic E-state index is 11.0. The topological polar surface area (TPSA) is 107 Å². The van der Waals surface area contributed by atoms with E-state index in [1.807, 2.05) is 0 Å². The molecular weight excluding hydrogens is 233 g/mol. The van der Waals surface area contributed by atoms with Gasteiger partial charge in [-0.25, -0.2) is 4.79 Å². The van der Waals surface area contributed by atoms with Crippen LogP contribution in [0.4, 0.5) is 0 Å². The zero-order valence-electron chi connectivity index (χ0n) is 9.00. The Kier molecular flexibility index (Phi) is 4.92. The summed E-state index contributed by atoms with van der Waals surface area (Å²) in [5.41, 5.74) is 0. The fourth-order valence-corrected chi connectivity index (χ4v) is 2.67. The van der Waals surface area contributed by atoms with Crippen molar-refractivity contribution in [1.29, 1.82) is 0 Å². The number of hydrogen-bond acceptors (Lipinski definition) is 3. The molecule has 1 unspecified atom stereocenters. The minimum Gasteiger partial charge on any atom is -0.480 e. The number of carboxylic acid groups (broad SMARTS) is 1. The van der Waals surface area contributed by atoms with E-state index in [4.69, 9.17) is 14.9 Å². The molecule has 0 bridgehead atoms. The number of carbonyl (C=O) groups is 1. The predicted molar refractivity (Wildman–Crippen MR) is 58.1 cm³/mol. The van der Waals surface area contributed by atoms with Crippen molar-refractivity contribution >= 4 is 13.6 Å². The summed E-state index contributed by atoms with van der Waals surface area (Å²) in [5.74, 6) is -3.26. The van der Waals surface area contributed by atoms with Crippen molar-refractivity contribution in [2.24, 2.45) is 0 Å². The van der Waals surface area contributed by atoms with Crippen molar-refractivity contribution in [2.75, 3.05) is 0 Å². The van der Waals surface area contributed by atoms with Crippen LogP contribution in [0.2, 0.25) is 0 Å². The van der Waals surface area contributed by atoms with E-state index in [-0.39, 0.29) is 6.04 Å². The molecule has 94 valence electrons. The summed E-state index contributed by atoms with van der Waals surface area (Å²) in [6, 6.07) is -0.101. The fraction of sp³-hybridized carbons (Fsp3) is 0.889. The Bertz CT molecular complexity index is 282. The Morgan fingerprint density at radius 2 is 1.69 bits per heavy atom. The second-order valence-corrected chi connectivity index (χ2v) is 5.88. The lowest BCUT2D eigenvalue weighted by atomic mass is 10.1. The highest BCUT2D eigenvalue weighted by Gasteiger charge is 2.37. The van der Waals surface area contributed by atoms with Gasteiger partial charge in [0.1, 0.15) is 0 Å². The van der Waals surface area contributed by atoms with Gasteiger partial charge >= 0.3 is 13.6 Å². The van der Waals surface area contributed by atoms with Crippen molar-refractivity contribution in [2.45, 2.75) is 50.3 Å². The van der Waals surface area contributed by atoms with Gasteiger partial charge in [-0.3, -0.25) is 9.88 Å². The van der Waals surface area contributed by atoms with Crippen LogP contribution in [0.1, 0.15) is 38.5 Å². The van der Waals surface area contributed by atoms with Gasteiger partial charge in [0.15, 0.2) is 0 Å². The Morgan fingerprint density at radius 3 is 2.06 bits per heavy atom. The molecule has 0 amide bonds. The standard InChI is InChI=1S/C9H18NO5P/c11-9(12)8(16(13,14)15)10-7-5-3-1-2-4-6-7/h7-8,10H,1-6H2,(H,11,12)(H2,13,14,15). The van der Waals surface area contributed by atoms with Crippen LogP contribution in [-0.2, 0) is 9.36 Å². The summed E-state index contributed by atoms with van der Waals surface area (Å²) in [6.07, 6.45) is 5.72. The van der Waals surface area contributed by atoms with Crippen molar-refractivity contribution in [3.8, 4) is 0 Å². The van der Waals surface area contributed by atoms with E-state index in [9.17, 15) is 9.36 Å². The molecule has 0 aliphatic heterocycles. The van der Waals surface area contributed by atoms with Crippen LogP contribution in [0.3, 0.4) is 0 Å². The van der Waals surface area contributed by atoms with Crippen molar-refractivity contribution in [1.82, 2.24) is 5.32 Å². The Hall–Kier alpha value is -0.420. The lowest BCUT2D eigenvalue weighted by molar-refractivity contribution is -0.137. The van der Waals surface area contributed by atoms with Gasteiger partial charge < -0.3 is 14.9 Å². The molecule has 0 spiro atoms. The van der Waals surface area contributed by atoms with Gasteiger partial charge in [-0.15, -0.1) is 0 Å². The maximum atomic E-state index is 11.0. The van der Waals surface area contributed by atoms with E-state index < -0.39 is 19.3 Å². The first-order valence-corrected chi connectivity index (χ1v) is 7.13. The van der Waals surface area contributed by atoms with E-state index in [1.165, 1.54) is 0 Å². The Morgan fingerprint density at radius 1 is 1.19 bits per heavy atom. The van der Waals surface area contributed by atoms with Crippen molar-refractivity contribution < 1.29 is 24.3 Å². The first kappa shape index (κ1) is 13.6. The van der Waals surface area contributed by atoms with E-state index in [2.05, 4.69) is 5.32 Å². The molecule has 1 saturated carbocycles. The molecule has 1 fully saturated rings. The molecule has 16 heavy (non-hydrogen) atoms. The quantitative estimate of drug-likeness (QED) is 0.436. The predicted octanol–water partition coefficient (Wildman–Crippen LogP) is 0.887. The zero-order chi connectivity index (χ0) is 12.2. The maximum Gasteiger partial charge on any atom is 0.353 e. The van der Waals surface area contributed by atoms with E-state index in [0.717, 1.165) is 38.5 Å². The molecule has 1 aliphatic rings. The van der Waals surface area contributed by atoms with Gasteiger partial charge in [0, 0.05) is 6.04 Å². The van der Waals surface area contributed by atoms with Crippen LogP contribution in [-0.4, -0.2) is 32.7 Å². The molecule has 4 N–H and O–H groups in total. The van der Waals surface area contributed by atoms with Crippen molar-refractivity contribution in [3.05, 3.63) is 0 Å². The summed E-state index contributed by atoms with van der Waals surface area (Å²) >= 11 is 0. The van der Waals surface area contributed by atoms with E-state index in [0.29, 0.717) is 0 Å². The highest BCUT2D eigenvalue weighted by atomic mass is 31.2. The second kappa shape index (κ2) is 5.77. The van der Waals surface area contributed by atoms with E-state index >= 15 is 0 Å². The molecule has 0 aromatic rings. The van der Waals surface area contributed by atoms with Crippen LogP contribution >= 0.6 is 7.60 Å². The van der Waals surface area contributed by atoms with Gasteiger partial charge in [-0.05, 0) is 12.8 Å². The van der Waals surface area contributed by atoms with Gasteiger partial charge in [-0.2, -0.15) is 0 Å². The van der Waals surface area contributed by atoms with Gasteiger partial charge in [-0.1, -0.05) is 25.7 Å². The average Bonchev–Trinajstić information content (AvgIpc) is 2.39. The summed E-state index contributed by atoms with van der Waals surface area (Å²) in [7, 11) is -4.62. The largest absolute Gasteiger partial charge is 0.480 e. The van der Waals surface area contributed by atoms with Gasteiger partial charge in [0.2, 0.25) is 5.78 Å². The van der Waals surface area contributed by atoms with E-state index in [1.54, 1.807) is 0 Å². The lowest BCUT2D eigenvalue weighted by Gasteiger charge is -2.22. The summed E-state index contributed by atoms with van der Waals surface area (Å²) < 4.78 is 11.0. The highest BCUT2D eigenvalue weighted by molar-refractivity contribution is 7.53. The molecule has 1 atom stereocenters. The van der Waals surface area contributed by atoms with Gasteiger partial charge in [0.25, 0.3) is 0 Å². The first-order valence-electron chi connectivity index (χ1n) is 5.45. The normalized spacial score (nSPS) is 21.4. The van der Waals surface area contributed by atoms with Crippen LogP contribution in [0.5, 0.6) is 0 Å². The van der Waals surface area contributed by atoms with Crippen LogP contribution in [0.15, 0.2) is 0 Å². The average molecular weight is 251 g/mol. The number of hydrogen-bond donors (Lipinski definition) is 4. The third-order valence-electron chi connectivity index (χ3n) is 2.82. The molecule has 0 aromatic carbocycles. The Balaban J connectivity index is 2.60. The molecule has 1 rings (SSSR count).